The predicted octanol–water partition coefficient (Wildman–Crippen LogP) is 3.09. The first-order valence-corrected chi connectivity index (χ1v) is 11.8. The zero-order valence-electron chi connectivity index (χ0n) is 18.3. The summed E-state index contributed by atoms with van der Waals surface area (Å²) >= 11 is 2.02. The number of benzene rings is 1. The third-order valence-electron chi connectivity index (χ3n) is 5.26. The first-order chi connectivity index (χ1) is 15.0. The van der Waals surface area contributed by atoms with Gasteiger partial charge in [0, 0.05) is 48.6 Å². The quantitative estimate of drug-likeness (QED) is 0.610. The Kier molecular flexibility index (Phi) is 6.77. The van der Waals surface area contributed by atoms with Gasteiger partial charge in [0.2, 0.25) is 0 Å². The molecule has 1 amide bonds. The molecule has 0 aliphatic carbocycles. The molecule has 0 radical (unpaired) electrons. The summed E-state index contributed by atoms with van der Waals surface area (Å²) < 4.78 is 7.74. The minimum Gasteiger partial charge on any atom is -0.489 e. The van der Waals surface area contributed by atoms with Crippen molar-refractivity contribution < 1.29 is 9.53 Å². The molecule has 2 aromatic heterocycles. The Bertz CT molecular complexity index is 1060. The van der Waals surface area contributed by atoms with Crippen molar-refractivity contribution in [1.29, 1.82) is 0 Å². The van der Waals surface area contributed by atoms with Crippen LogP contribution in [0.5, 0.6) is 5.75 Å². The van der Waals surface area contributed by atoms with Crippen LogP contribution >= 0.6 is 11.8 Å². The lowest BCUT2D eigenvalue weighted by atomic mass is 10.2. The van der Waals surface area contributed by atoms with Crippen LogP contribution in [0.3, 0.4) is 0 Å². The summed E-state index contributed by atoms with van der Waals surface area (Å²) in [6.45, 7) is 9.44. The molecule has 8 heteroatoms. The molecule has 0 saturated carbocycles. The normalized spacial score (nSPS) is 15.7. The van der Waals surface area contributed by atoms with E-state index in [2.05, 4.69) is 32.4 Å². The highest BCUT2D eigenvalue weighted by Gasteiger charge is 2.15. The van der Waals surface area contributed by atoms with E-state index in [0.29, 0.717) is 17.9 Å². The average molecular weight is 440 g/mol. The molecule has 1 N–H and O–H groups in total. The fraction of sp³-hybridized carbons (Fsp3) is 0.435. The highest BCUT2D eigenvalue weighted by Crippen LogP contribution is 2.18. The van der Waals surface area contributed by atoms with E-state index in [1.807, 2.05) is 50.7 Å². The number of carbonyl (C=O) groups excluding carboxylic acids is 1. The van der Waals surface area contributed by atoms with E-state index in [-0.39, 0.29) is 12.0 Å². The van der Waals surface area contributed by atoms with E-state index < -0.39 is 0 Å². The minimum atomic E-state index is -0.227. The highest BCUT2D eigenvalue weighted by molar-refractivity contribution is 7.99. The van der Waals surface area contributed by atoms with E-state index >= 15 is 0 Å². The van der Waals surface area contributed by atoms with E-state index in [9.17, 15) is 4.79 Å². The van der Waals surface area contributed by atoms with Gasteiger partial charge in [-0.15, -0.1) is 0 Å². The molecule has 1 aliphatic heterocycles. The smallest absolute Gasteiger partial charge is 0.272 e. The van der Waals surface area contributed by atoms with Crippen LogP contribution in [0.2, 0.25) is 0 Å². The Morgan fingerprint density at radius 3 is 2.84 bits per heavy atom. The molecular formula is C23H29N5O2S. The lowest BCUT2D eigenvalue weighted by Crippen LogP contribution is -2.34. The van der Waals surface area contributed by atoms with E-state index in [1.165, 1.54) is 17.1 Å². The summed E-state index contributed by atoms with van der Waals surface area (Å²) in [5.41, 5.74) is 4.14. The second kappa shape index (κ2) is 9.70. The van der Waals surface area contributed by atoms with Crippen molar-refractivity contribution >= 4 is 23.3 Å². The van der Waals surface area contributed by atoms with Crippen molar-refractivity contribution in [3.8, 4) is 5.75 Å². The summed E-state index contributed by atoms with van der Waals surface area (Å²) in [7, 11) is 0. The molecule has 3 heterocycles. The molecule has 31 heavy (non-hydrogen) atoms. The van der Waals surface area contributed by atoms with Crippen molar-refractivity contribution in [1.82, 2.24) is 24.8 Å². The molecule has 164 valence electrons. The second-order valence-electron chi connectivity index (χ2n) is 8.01. The molecule has 1 saturated heterocycles. The summed E-state index contributed by atoms with van der Waals surface area (Å²) in [6.07, 6.45) is -0.162. The zero-order chi connectivity index (χ0) is 21.8. The number of nitrogens with zero attached hydrogens (tertiary/aromatic N) is 4. The molecule has 1 aliphatic rings. The topological polar surface area (TPSA) is 71.8 Å². The standard InChI is InChI=1S/C23H29N5O2S/c1-16-11-17(2)28-22(25-16)13-21(26-28)23(29)24-14-18(3)30-20-6-4-5-19(12-20)15-27-7-9-31-10-8-27/h4-6,11-13,18H,7-10,14-15H2,1-3H3,(H,24,29)/t18-/m1/s1. The van der Waals surface area contributed by atoms with Gasteiger partial charge < -0.3 is 10.1 Å². The molecule has 1 aromatic carbocycles. The third kappa shape index (κ3) is 5.57. The summed E-state index contributed by atoms with van der Waals surface area (Å²) in [5, 5.41) is 7.29. The minimum absolute atomic E-state index is 0.162. The van der Waals surface area contributed by atoms with Crippen LogP contribution in [-0.4, -0.2) is 62.6 Å². The number of fused-ring (bicyclic) bond motifs is 1. The Morgan fingerprint density at radius 1 is 1.23 bits per heavy atom. The van der Waals surface area contributed by atoms with Crippen LogP contribution in [0.25, 0.3) is 5.65 Å². The Balaban J connectivity index is 1.32. The molecular weight excluding hydrogens is 410 g/mol. The summed E-state index contributed by atoms with van der Waals surface area (Å²) in [6, 6.07) is 11.9. The van der Waals surface area contributed by atoms with Crippen LogP contribution in [0.15, 0.2) is 36.4 Å². The van der Waals surface area contributed by atoms with Crippen molar-refractivity contribution in [2.45, 2.75) is 33.4 Å². The zero-order valence-corrected chi connectivity index (χ0v) is 19.1. The van der Waals surface area contributed by atoms with Crippen LogP contribution < -0.4 is 10.1 Å². The third-order valence-corrected chi connectivity index (χ3v) is 6.20. The average Bonchev–Trinajstić information content (AvgIpc) is 3.17. The van der Waals surface area contributed by atoms with Crippen LogP contribution in [-0.2, 0) is 6.54 Å². The first-order valence-electron chi connectivity index (χ1n) is 10.7. The van der Waals surface area contributed by atoms with Crippen molar-refractivity contribution in [2.24, 2.45) is 0 Å². The lowest BCUT2D eigenvalue weighted by Gasteiger charge is -2.26. The van der Waals surface area contributed by atoms with Gasteiger partial charge in [0.05, 0.1) is 6.54 Å². The number of nitrogens with one attached hydrogen (secondary N) is 1. The van der Waals surface area contributed by atoms with Crippen LogP contribution in [0.4, 0.5) is 0 Å². The molecule has 0 spiro atoms. The summed E-state index contributed by atoms with van der Waals surface area (Å²) in [5.74, 6) is 3.01. The number of ether oxygens (including phenoxy) is 1. The van der Waals surface area contributed by atoms with Gasteiger partial charge >= 0.3 is 0 Å². The number of rotatable bonds is 7. The van der Waals surface area contributed by atoms with E-state index in [4.69, 9.17) is 4.74 Å². The molecule has 4 rings (SSSR count). The van der Waals surface area contributed by atoms with Gasteiger partial charge in [0.1, 0.15) is 11.9 Å². The van der Waals surface area contributed by atoms with Gasteiger partial charge in [-0.1, -0.05) is 12.1 Å². The van der Waals surface area contributed by atoms with Crippen LogP contribution in [0.1, 0.15) is 34.4 Å². The highest BCUT2D eigenvalue weighted by atomic mass is 32.2. The number of thioether (sulfide) groups is 1. The second-order valence-corrected chi connectivity index (χ2v) is 9.24. The lowest BCUT2D eigenvalue weighted by molar-refractivity contribution is 0.0927. The summed E-state index contributed by atoms with van der Waals surface area (Å²) in [4.78, 5) is 19.5. The number of aromatic nitrogens is 3. The Labute approximate surface area is 187 Å². The predicted molar refractivity (Wildman–Crippen MR) is 124 cm³/mol. The van der Waals surface area contributed by atoms with E-state index in [1.54, 1.807) is 10.6 Å². The SMILES string of the molecule is Cc1cc(C)n2nc(C(=O)NC[C@@H](C)Oc3cccc(CN4CCSCC4)c3)cc2n1. The van der Waals surface area contributed by atoms with Gasteiger partial charge in [-0.25, -0.2) is 9.50 Å². The molecule has 0 unspecified atom stereocenters. The fourth-order valence-electron chi connectivity index (χ4n) is 3.73. The van der Waals surface area contributed by atoms with Gasteiger partial charge in [-0.05, 0) is 44.5 Å². The monoisotopic (exact) mass is 439 g/mol. The van der Waals surface area contributed by atoms with E-state index in [0.717, 1.165) is 36.8 Å². The van der Waals surface area contributed by atoms with Gasteiger partial charge in [-0.2, -0.15) is 16.9 Å². The molecule has 7 nitrogen and oxygen atoms in total. The number of hydrogen-bond acceptors (Lipinski definition) is 6. The maximum absolute atomic E-state index is 12.6. The first kappa shape index (κ1) is 21.6. The van der Waals surface area contributed by atoms with Crippen molar-refractivity contribution in [3.05, 3.63) is 59.0 Å². The molecule has 0 bridgehead atoms. The molecule has 1 atom stereocenters. The van der Waals surface area contributed by atoms with Crippen molar-refractivity contribution in [2.75, 3.05) is 31.1 Å². The van der Waals surface area contributed by atoms with Gasteiger partial charge in [0.25, 0.3) is 5.91 Å². The van der Waals surface area contributed by atoms with Crippen LogP contribution in [0, 0.1) is 13.8 Å². The number of amides is 1. The molecule has 1 fully saturated rings. The maximum Gasteiger partial charge on any atom is 0.272 e. The Morgan fingerprint density at radius 2 is 2.03 bits per heavy atom. The Hall–Kier alpha value is -2.58. The maximum atomic E-state index is 12.6. The number of aryl methyl sites for hydroxylation is 2. The van der Waals surface area contributed by atoms with Crippen molar-refractivity contribution in [3.63, 3.8) is 0 Å². The number of hydrogen-bond donors (Lipinski definition) is 1. The molecule has 3 aromatic rings. The largest absolute Gasteiger partial charge is 0.489 e. The van der Waals surface area contributed by atoms with Gasteiger partial charge in [-0.3, -0.25) is 9.69 Å². The fourth-order valence-corrected chi connectivity index (χ4v) is 4.71. The van der Waals surface area contributed by atoms with Gasteiger partial charge in [0.15, 0.2) is 11.3 Å². The number of carbonyl (C=O) groups is 1.